The minimum Gasteiger partial charge on any atom is -0.468 e. The molecule has 114 valence electrons. The van der Waals surface area contributed by atoms with Crippen LogP contribution in [0.15, 0.2) is 39.8 Å². The maximum atomic E-state index is 13.7. The van der Waals surface area contributed by atoms with E-state index in [1.165, 1.54) is 26.3 Å². The Labute approximate surface area is 122 Å². The van der Waals surface area contributed by atoms with Crippen molar-refractivity contribution in [3.8, 4) is 0 Å². The third-order valence-electron chi connectivity index (χ3n) is 3.14. The van der Waals surface area contributed by atoms with Gasteiger partial charge in [0.25, 0.3) is 0 Å². The van der Waals surface area contributed by atoms with Crippen molar-refractivity contribution in [2.45, 2.75) is 25.0 Å². The van der Waals surface area contributed by atoms with Gasteiger partial charge < -0.3 is 9.52 Å². The van der Waals surface area contributed by atoms with Crippen LogP contribution in [0.3, 0.4) is 0 Å². The first-order valence-corrected chi connectivity index (χ1v) is 7.69. The Bertz CT molecular complexity index is 726. The van der Waals surface area contributed by atoms with Gasteiger partial charge >= 0.3 is 0 Å². The predicted molar refractivity (Wildman–Crippen MR) is 74.4 cm³/mol. The Morgan fingerprint density at radius 3 is 2.67 bits per heavy atom. The summed E-state index contributed by atoms with van der Waals surface area (Å²) in [4.78, 5) is -0.0560. The van der Waals surface area contributed by atoms with Crippen LogP contribution in [0, 0.1) is 12.7 Å². The van der Waals surface area contributed by atoms with Gasteiger partial charge in [-0.05, 0) is 36.8 Å². The second kappa shape index (κ2) is 5.97. The van der Waals surface area contributed by atoms with E-state index in [9.17, 15) is 12.8 Å². The van der Waals surface area contributed by atoms with Gasteiger partial charge in [-0.2, -0.15) is 4.31 Å². The van der Waals surface area contributed by atoms with Crippen LogP contribution >= 0.6 is 0 Å². The van der Waals surface area contributed by atoms with Gasteiger partial charge in [0.1, 0.15) is 11.6 Å². The number of hydrogen-bond acceptors (Lipinski definition) is 4. The summed E-state index contributed by atoms with van der Waals surface area (Å²) in [6.45, 7) is 0.970. The van der Waals surface area contributed by atoms with E-state index in [4.69, 9.17) is 9.52 Å². The summed E-state index contributed by atoms with van der Waals surface area (Å²) < 4.78 is 44.9. The standard InChI is InChI=1S/C14H16FNO4S/c1-10-6-13(7-11(9-17)14(10)15)21(18,19)16(2)8-12-4-3-5-20-12/h3-7,17H,8-9H2,1-2H3. The van der Waals surface area contributed by atoms with Crippen LogP contribution in [0.25, 0.3) is 0 Å². The van der Waals surface area contributed by atoms with Crippen molar-refractivity contribution in [1.29, 1.82) is 0 Å². The lowest BCUT2D eigenvalue weighted by Crippen LogP contribution is -2.26. The molecule has 2 aromatic rings. The van der Waals surface area contributed by atoms with Crippen LogP contribution in [0.5, 0.6) is 0 Å². The van der Waals surface area contributed by atoms with Gasteiger partial charge in [-0.3, -0.25) is 0 Å². The maximum Gasteiger partial charge on any atom is 0.243 e. The zero-order valence-electron chi connectivity index (χ0n) is 11.7. The quantitative estimate of drug-likeness (QED) is 0.917. The highest BCUT2D eigenvalue weighted by Crippen LogP contribution is 2.22. The minimum atomic E-state index is -3.79. The fourth-order valence-electron chi connectivity index (χ4n) is 1.96. The molecule has 0 fully saturated rings. The third-order valence-corrected chi connectivity index (χ3v) is 4.92. The summed E-state index contributed by atoms with van der Waals surface area (Å²) in [5, 5.41) is 9.12. The molecule has 0 aliphatic carbocycles. The molecular weight excluding hydrogens is 297 g/mol. The van der Waals surface area contributed by atoms with Crippen LogP contribution in [-0.2, 0) is 23.2 Å². The molecule has 5 nitrogen and oxygen atoms in total. The Morgan fingerprint density at radius 1 is 1.38 bits per heavy atom. The van der Waals surface area contributed by atoms with Crippen molar-refractivity contribution in [2.75, 3.05) is 7.05 Å². The Morgan fingerprint density at radius 2 is 2.10 bits per heavy atom. The number of furan rings is 1. The van der Waals surface area contributed by atoms with Crippen molar-refractivity contribution in [1.82, 2.24) is 4.31 Å². The maximum absolute atomic E-state index is 13.7. The molecule has 0 aliphatic heterocycles. The molecule has 1 aromatic carbocycles. The van der Waals surface area contributed by atoms with Gasteiger partial charge in [0, 0.05) is 12.6 Å². The largest absolute Gasteiger partial charge is 0.468 e. The Kier molecular flexibility index (Phi) is 4.46. The van der Waals surface area contributed by atoms with Crippen LogP contribution in [0.1, 0.15) is 16.9 Å². The van der Waals surface area contributed by atoms with Crippen molar-refractivity contribution in [3.63, 3.8) is 0 Å². The second-order valence-corrected chi connectivity index (χ2v) is 6.76. The van der Waals surface area contributed by atoms with E-state index in [1.807, 2.05) is 0 Å². The first-order valence-electron chi connectivity index (χ1n) is 6.25. The molecule has 0 saturated carbocycles. The summed E-state index contributed by atoms with van der Waals surface area (Å²) in [5.41, 5.74) is 0.131. The van der Waals surface area contributed by atoms with Gasteiger partial charge in [-0.1, -0.05) is 0 Å². The normalized spacial score (nSPS) is 12.0. The van der Waals surface area contributed by atoms with Gasteiger partial charge in [-0.25, -0.2) is 12.8 Å². The van der Waals surface area contributed by atoms with Crippen LogP contribution in [0.2, 0.25) is 0 Å². The van der Waals surface area contributed by atoms with E-state index in [2.05, 4.69) is 0 Å². The fraction of sp³-hybridized carbons (Fsp3) is 0.286. The van der Waals surface area contributed by atoms with Crippen LogP contribution < -0.4 is 0 Å². The summed E-state index contributed by atoms with van der Waals surface area (Å²) >= 11 is 0. The average molecular weight is 313 g/mol. The average Bonchev–Trinajstić information content (AvgIpc) is 2.94. The van der Waals surface area contributed by atoms with E-state index < -0.39 is 22.4 Å². The molecule has 0 bridgehead atoms. The molecule has 0 radical (unpaired) electrons. The highest BCUT2D eigenvalue weighted by molar-refractivity contribution is 7.89. The van der Waals surface area contributed by atoms with E-state index >= 15 is 0 Å². The zero-order chi connectivity index (χ0) is 15.6. The molecular formula is C14H16FNO4S. The topological polar surface area (TPSA) is 70.8 Å². The zero-order valence-corrected chi connectivity index (χ0v) is 12.5. The molecule has 0 spiro atoms. The van der Waals surface area contributed by atoms with Crippen molar-refractivity contribution < 1.29 is 22.3 Å². The molecule has 1 heterocycles. The molecule has 1 aromatic heterocycles. The van der Waals surface area contributed by atoms with E-state index in [1.54, 1.807) is 12.1 Å². The van der Waals surface area contributed by atoms with Crippen molar-refractivity contribution >= 4 is 10.0 Å². The smallest absolute Gasteiger partial charge is 0.243 e. The molecule has 2 rings (SSSR count). The van der Waals surface area contributed by atoms with Crippen LogP contribution in [0.4, 0.5) is 4.39 Å². The van der Waals surface area contributed by atoms with Gasteiger partial charge in [-0.15, -0.1) is 0 Å². The molecule has 0 saturated heterocycles. The van der Waals surface area contributed by atoms with Crippen LogP contribution in [-0.4, -0.2) is 24.9 Å². The van der Waals surface area contributed by atoms with E-state index in [0.29, 0.717) is 5.76 Å². The molecule has 0 amide bonds. The molecule has 0 aliphatic rings. The van der Waals surface area contributed by atoms with Crippen molar-refractivity contribution in [3.05, 3.63) is 53.2 Å². The molecule has 0 unspecified atom stereocenters. The Hall–Kier alpha value is -1.70. The summed E-state index contributed by atoms with van der Waals surface area (Å²) in [5.74, 6) is -0.0903. The SMILES string of the molecule is Cc1cc(S(=O)(=O)N(C)Cc2ccco2)cc(CO)c1F. The number of sulfonamides is 1. The number of aliphatic hydroxyl groups is 1. The fourth-order valence-corrected chi connectivity index (χ4v) is 3.23. The van der Waals surface area contributed by atoms with Crippen molar-refractivity contribution in [2.24, 2.45) is 0 Å². The van der Waals surface area contributed by atoms with E-state index in [0.717, 1.165) is 10.4 Å². The van der Waals surface area contributed by atoms with Gasteiger partial charge in [0.15, 0.2) is 0 Å². The number of aliphatic hydroxyl groups excluding tert-OH is 1. The number of aryl methyl sites for hydroxylation is 1. The van der Waals surface area contributed by atoms with Gasteiger partial charge in [0.05, 0.1) is 24.3 Å². The number of hydrogen-bond donors (Lipinski definition) is 1. The minimum absolute atomic E-state index is 0.0417. The Balaban J connectivity index is 2.37. The second-order valence-electron chi connectivity index (χ2n) is 4.71. The monoisotopic (exact) mass is 313 g/mol. The number of halogens is 1. The first-order chi connectivity index (χ1) is 9.86. The first kappa shape index (κ1) is 15.7. The van der Waals surface area contributed by atoms with E-state index in [-0.39, 0.29) is 22.6 Å². The number of benzene rings is 1. The lowest BCUT2D eigenvalue weighted by molar-refractivity contribution is 0.275. The molecule has 7 heteroatoms. The third kappa shape index (κ3) is 3.15. The summed E-state index contributed by atoms with van der Waals surface area (Å²) in [6, 6.07) is 5.74. The molecule has 21 heavy (non-hydrogen) atoms. The molecule has 1 N–H and O–H groups in total. The predicted octanol–water partition coefficient (Wildman–Crippen LogP) is 2.04. The highest BCUT2D eigenvalue weighted by atomic mass is 32.2. The number of rotatable bonds is 5. The van der Waals surface area contributed by atoms with Gasteiger partial charge in [0.2, 0.25) is 10.0 Å². The lowest BCUT2D eigenvalue weighted by atomic mass is 10.1. The summed E-state index contributed by atoms with van der Waals surface area (Å²) in [6.07, 6.45) is 1.46. The summed E-state index contributed by atoms with van der Waals surface area (Å²) in [7, 11) is -2.38. The highest BCUT2D eigenvalue weighted by Gasteiger charge is 2.23. The molecule has 0 atom stereocenters. The number of nitrogens with zero attached hydrogens (tertiary/aromatic N) is 1. The lowest BCUT2D eigenvalue weighted by Gasteiger charge is -2.17.